The van der Waals surface area contributed by atoms with Gasteiger partial charge in [-0.05, 0) is 12.5 Å². The predicted molar refractivity (Wildman–Crippen MR) is 109 cm³/mol. The first-order chi connectivity index (χ1) is 11.9. The number of para-hydroxylation sites is 1. The second kappa shape index (κ2) is 13.5. The van der Waals surface area contributed by atoms with Crippen molar-refractivity contribution < 1.29 is 18.3 Å². The van der Waals surface area contributed by atoms with Gasteiger partial charge in [0.25, 0.3) is 0 Å². The summed E-state index contributed by atoms with van der Waals surface area (Å²) in [4.78, 5) is 17.5. The van der Waals surface area contributed by atoms with Crippen LogP contribution in [0.25, 0.3) is 0 Å². The molecular weight excluding hydrogens is 457 g/mol. The van der Waals surface area contributed by atoms with Crippen molar-refractivity contribution in [3.8, 4) is 5.75 Å². The zero-order valence-electron chi connectivity index (χ0n) is 15.3. The third kappa shape index (κ3) is 9.73. The van der Waals surface area contributed by atoms with Crippen LogP contribution in [0.1, 0.15) is 25.3 Å². The molecule has 0 saturated heterocycles. The number of guanidine groups is 1. The first-order valence-electron chi connectivity index (χ1n) is 8.19. The van der Waals surface area contributed by atoms with E-state index in [1.807, 2.05) is 0 Å². The van der Waals surface area contributed by atoms with Gasteiger partial charge in [-0.1, -0.05) is 31.5 Å². The Bertz CT molecular complexity index is 571. The van der Waals surface area contributed by atoms with Gasteiger partial charge < -0.3 is 20.3 Å². The molecule has 0 fully saturated rings. The third-order valence-electron chi connectivity index (χ3n) is 3.32. The first kappa shape index (κ1) is 24.4. The van der Waals surface area contributed by atoms with Crippen LogP contribution in [0.4, 0.5) is 8.78 Å². The molecule has 0 radical (unpaired) electrons. The highest BCUT2D eigenvalue weighted by Gasteiger charge is 2.10. The molecule has 1 rings (SSSR count). The zero-order chi connectivity index (χ0) is 18.7. The fourth-order valence-corrected chi connectivity index (χ4v) is 1.88. The Morgan fingerprint density at radius 1 is 1.27 bits per heavy atom. The molecule has 1 amide bonds. The minimum Gasteiger partial charge on any atom is -0.434 e. The first-order valence-corrected chi connectivity index (χ1v) is 8.19. The zero-order valence-corrected chi connectivity index (χ0v) is 17.6. The van der Waals surface area contributed by atoms with Gasteiger partial charge in [0.2, 0.25) is 5.91 Å². The number of amides is 1. The number of likely N-dealkylation sites (N-methyl/N-ethyl adjacent to an activating group) is 1. The summed E-state index contributed by atoms with van der Waals surface area (Å²) in [7, 11) is 3.34. The van der Waals surface area contributed by atoms with Gasteiger partial charge in [-0.25, -0.2) is 4.99 Å². The molecule has 0 aromatic heterocycles. The number of hydrogen-bond acceptors (Lipinski definition) is 3. The van der Waals surface area contributed by atoms with Crippen LogP contribution >= 0.6 is 24.0 Å². The SMILES string of the molecule is CCCCNC(=NCc1ccccc1OC(F)F)NCC(=O)N(C)C.I. The molecule has 0 aliphatic heterocycles. The van der Waals surface area contributed by atoms with Crippen LogP contribution in [-0.2, 0) is 11.3 Å². The number of carbonyl (C=O) groups is 1. The Morgan fingerprint density at radius 2 is 1.96 bits per heavy atom. The van der Waals surface area contributed by atoms with E-state index in [-0.39, 0.29) is 48.7 Å². The fraction of sp³-hybridized carbons (Fsp3) is 0.529. The quantitative estimate of drug-likeness (QED) is 0.245. The molecule has 148 valence electrons. The monoisotopic (exact) mass is 484 g/mol. The van der Waals surface area contributed by atoms with Crippen molar-refractivity contribution in [1.82, 2.24) is 15.5 Å². The minimum absolute atomic E-state index is 0. The standard InChI is InChI=1S/C17H26F2N4O2.HI/c1-4-5-10-20-17(22-12-15(24)23(2)3)21-11-13-8-6-7-9-14(13)25-16(18)19;/h6-9,16H,4-5,10-12H2,1-3H3,(H2,20,21,22);1H. The van der Waals surface area contributed by atoms with Crippen LogP contribution in [0.2, 0.25) is 0 Å². The van der Waals surface area contributed by atoms with Gasteiger partial charge in [-0.3, -0.25) is 4.79 Å². The lowest BCUT2D eigenvalue weighted by molar-refractivity contribution is -0.127. The number of ether oxygens (including phenoxy) is 1. The number of nitrogens with one attached hydrogen (secondary N) is 2. The van der Waals surface area contributed by atoms with E-state index in [4.69, 9.17) is 0 Å². The normalized spacial score (nSPS) is 10.9. The van der Waals surface area contributed by atoms with Gasteiger partial charge in [-0.15, -0.1) is 24.0 Å². The number of hydrogen-bond donors (Lipinski definition) is 2. The van der Waals surface area contributed by atoms with E-state index < -0.39 is 6.61 Å². The summed E-state index contributed by atoms with van der Waals surface area (Å²) in [6, 6.07) is 6.51. The molecule has 0 atom stereocenters. The largest absolute Gasteiger partial charge is 0.434 e. The van der Waals surface area contributed by atoms with Crippen LogP contribution in [0.15, 0.2) is 29.3 Å². The average molecular weight is 484 g/mol. The molecule has 0 unspecified atom stereocenters. The van der Waals surface area contributed by atoms with Crippen molar-refractivity contribution >= 4 is 35.8 Å². The summed E-state index contributed by atoms with van der Waals surface area (Å²) >= 11 is 0. The van der Waals surface area contributed by atoms with Gasteiger partial charge in [0, 0.05) is 26.2 Å². The molecule has 1 aromatic carbocycles. The predicted octanol–water partition coefficient (Wildman–Crippen LogP) is 2.83. The highest BCUT2D eigenvalue weighted by molar-refractivity contribution is 14.0. The van der Waals surface area contributed by atoms with E-state index in [9.17, 15) is 13.6 Å². The number of alkyl halides is 2. The number of benzene rings is 1. The number of unbranched alkanes of at least 4 members (excludes halogenated alkanes) is 1. The molecule has 0 saturated carbocycles. The van der Waals surface area contributed by atoms with Gasteiger partial charge in [0.15, 0.2) is 5.96 Å². The molecule has 9 heteroatoms. The number of rotatable bonds is 9. The van der Waals surface area contributed by atoms with Crippen molar-refractivity contribution in [2.75, 3.05) is 27.2 Å². The number of halogens is 3. The van der Waals surface area contributed by atoms with Gasteiger partial charge >= 0.3 is 6.61 Å². The van der Waals surface area contributed by atoms with Crippen LogP contribution in [0, 0.1) is 0 Å². The van der Waals surface area contributed by atoms with E-state index >= 15 is 0 Å². The molecule has 0 aliphatic carbocycles. The van der Waals surface area contributed by atoms with E-state index in [0.29, 0.717) is 18.1 Å². The van der Waals surface area contributed by atoms with Crippen molar-refractivity contribution in [3.63, 3.8) is 0 Å². The Hall–Kier alpha value is -1.65. The summed E-state index contributed by atoms with van der Waals surface area (Å²) in [6.45, 7) is 0.136. The molecule has 0 bridgehead atoms. The average Bonchev–Trinajstić information content (AvgIpc) is 2.57. The smallest absolute Gasteiger partial charge is 0.387 e. The maximum Gasteiger partial charge on any atom is 0.387 e. The van der Waals surface area contributed by atoms with Gasteiger partial charge in [0.05, 0.1) is 13.1 Å². The molecule has 26 heavy (non-hydrogen) atoms. The van der Waals surface area contributed by atoms with E-state index in [1.165, 1.54) is 11.0 Å². The number of nitrogens with zero attached hydrogens (tertiary/aromatic N) is 2. The van der Waals surface area contributed by atoms with Crippen molar-refractivity contribution in [1.29, 1.82) is 0 Å². The van der Waals surface area contributed by atoms with Gasteiger partial charge in [-0.2, -0.15) is 8.78 Å². The Kier molecular flexibility index (Phi) is 12.7. The molecule has 1 aromatic rings. The molecule has 6 nitrogen and oxygen atoms in total. The molecule has 2 N–H and O–H groups in total. The Labute approximate surface area is 170 Å². The van der Waals surface area contributed by atoms with Crippen molar-refractivity contribution in [3.05, 3.63) is 29.8 Å². The van der Waals surface area contributed by atoms with Crippen molar-refractivity contribution in [2.24, 2.45) is 4.99 Å². The lowest BCUT2D eigenvalue weighted by atomic mass is 10.2. The van der Waals surface area contributed by atoms with E-state index in [2.05, 4.69) is 27.3 Å². The second-order valence-electron chi connectivity index (χ2n) is 5.57. The highest BCUT2D eigenvalue weighted by atomic mass is 127. The van der Waals surface area contributed by atoms with Crippen LogP contribution in [-0.4, -0.2) is 50.6 Å². The van der Waals surface area contributed by atoms with E-state index in [1.54, 1.807) is 32.3 Å². The summed E-state index contributed by atoms with van der Waals surface area (Å²) in [5.74, 6) is 0.459. The summed E-state index contributed by atoms with van der Waals surface area (Å²) in [5.41, 5.74) is 0.540. The van der Waals surface area contributed by atoms with Crippen molar-refractivity contribution in [2.45, 2.75) is 32.9 Å². The van der Waals surface area contributed by atoms with Crippen LogP contribution in [0.3, 0.4) is 0 Å². The number of aliphatic imine (C=N–C) groups is 1. The molecule has 0 aliphatic rings. The third-order valence-corrected chi connectivity index (χ3v) is 3.32. The maximum atomic E-state index is 12.5. The van der Waals surface area contributed by atoms with E-state index in [0.717, 1.165) is 12.8 Å². The molecule has 0 spiro atoms. The summed E-state index contributed by atoms with van der Waals surface area (Å²) in [5, 5.41) is 6.07. The highest BCUT2D eigenvalue weighted by Crippen LogP contribution is 2.20. The summed E-state index contributed by atoms with van der Waals surface area (Å²) < 4.78 is 29.4. The minimum atomic E-state index is -2.89. The molecular formula is C17H27F2IN4O2. The molecule has 0 heterocycles. The van der Waals surface area contributed by atoms with Crippen LogP contribution in [0.5, 0.6) is 5.75 Å². The van der Waals surface area contributed by atoms with Crippen LogP contribution < -0.4 is 15.4 Å². The Morgan fingerprint density at radius 3 is 2.58 bits per heavy atom. The second-order valence-corrected chi connectivity index (χ2v) is 5.57. The maximum absolute atomic E-state index is 12.5. The Balaban J connectivity index is 0.00000625. The number of carbonyl (C=O) groups excluding carboxylic acids is 1. The summed E-state index contributed by atoms with van der Waals surface area (Å²) in [6.07, 6.45) is 1.97. The fourth-order valence-electron chi connectivity index (χ4n) is 1.88. The lowest BCUT2D eigenvalue weighted by Gasteiger charge is -2.15. The van der Waals surface area contributed by atoms with Gasteiger partial charge in [0.1, 0.15) is 5.75 Å². The topological polar surface area (TPSA) is 66.0 Å². The lowest BCUT2D eigenvalue weighted by Crippen LogP contribution is -2.43.